The number of H-pyrrole nitrogens is 1. The first kappa shape index (κ1) is 20.7. The molecule has 1 saturated heterocycles. The van der Waals surface area contributed by atoms with Crippen LogP contribution in [0.25, 0.3) is 11.1 Å². The molecule has 164 valence electrons. The summed E-state index contributed by atoms with van der Waals surface area (Å²) in [5, 5.41) is 0. The largest absolute Gasteiger partial charge is 0.417 e. The van der Waals surface area contributed by atoms with Crippen molar-refractivity contribution in [1.82, 2.24) is 9.29 Å². The Bertz CT molecular complexity index is 1330. The van der Waals surface area contributed by atoms with Gasteiger partial charge in [0.25, 0.3) is 0 Å². The van der Waals surface area contributed by atoms with Gasteiger partial charge in [-0.05, 0) is 12.1 Å². The van der Waals surface area contributed by atoms with E-state index in [-0.39, 0.29) is 16.5 Å². The number of nitrogens with zero attached hydrogens (tertiary/aromatic N) is 1. The minimum Gasteiger partial charge on any atom is -0.408 e. The molecule has 7 nitrogen and oxygen atoms in total. The van der Waals surface area contributed by atoms with Crippen LogP contribution in [0.15, 0.2) is 93.0 Å². The summed E-state index contributed by atoms with van der Waals surface area (Å²) in [5.41, 5.74) is 3.17. The molecule has 1 aromatic heterocycles. The fraction of sp³-hybridized carbons (Fsp3) is 0.208. The van der Waals surface area contributed by atoms with Crippen LogP contribution in [0.5, 0.6) is 0 Å². The zero-order valence-electron chi connectivity index (χ0n) is 17.4. The molecule has 0 atom stereocenters. The van der Waals surface area contributed by atoms with Crippen LogP contribution in [0.3, 0.4) is 0 Å². The second kappa shape index (κ2) is 8.38. The summed E-state index contributed by atoms with van der Waals surface area (Å²) in [4.78, 5) is 15.4. The predicted molar refractivity (Wildman–Crippen MR) is 121 cm³/mol. The summed E-state index contributed by atoms with van der Waals surface area (Å²) in [6.07, 6.45) is 0. The topological polar surface area (TPSA) is 87.8 Å². The molecule has 1 aliphatic heterocycles. The third-order valence-corrected chi connectivity index (χ3v) is 7.96. The molecule has 0 saturated carbocycles. The SMILES string of the molecule is O=c1[nH]c2ccc(S(=O)(=O)N3CC[NH+](C(c4ccccc4)c4ccccc4)CC3)cc2o1. The van der Waals surface area contributed by atoms with E-state index in [0.29, 0.717) is 31.7 Å². The van der Waals surface area contributed by atoms with Crippen molar-refractivity contribution in [3.8, 4) is 0 Å². The highest BCUT2D eigenvalue weighted by atomic mass is 32.2. The van der Waals surface area contributed by atoms with Crippen molar-refractivity contribution in [2.24, 2.45) is 0 Å². The molecule has 1 fully saturated rings. The Morgan fingerprint density at radius 3 is 2.06 bits per heavy atom. The fourth-order valence-electron chi connectivity index (χ4n) is 4.49. The number of nitrogens with one attached hydrogen (secondary N) is 2. The van der Waals surface area contributed by atoms with Gasteiger partial charge in [-0.2, -0.15) is 4.31 Å². The summed E-state index contributed by atoms with van der Waals surface area (Å²) < 4.78 is 33.0. The minimum absolute atomic E-state index is 0.138. The van der Waals surface area contributed by atoms with Gasteiger partial charge in [-0.15, -0.1) is 0 Å². The Labute approximate surface area is 186 Å². The molecule has 0 radical (unpaired) electrons. The van der Waals surface area contributed by atoms with Crippen LogP contribution < -0.4 is 10.7 Å². The second-order valence-electron chi connectivity index (χ2n) is 7.99. The number of fused-ring (bicyclic) bond motifs is 1. The van der Waals surface area contributed by atoms with Crippen LogP contribution in [0.1, 0.15) is 17.2 Å². The third kappa shape index (κ3) is 3.88. The van der Waals surface area contributed by atoms with Crippen molar-refractivity contribution >= 4 is 21.1 Å². The molecular formula is C24H24N3O4S+. The molecule has 2 N–H and O–H groups in total. The maximum absolute atomic E-state index is 13.2. The third-order valence-electron chi connectivity index (χ3n) is 6.07. The van der Waals surface area contributed by atoms with Gasteiger partial charge in [0.15, 0.2) is 5.58 Å². The minimum atomic E-state index is -3.68. The molecule has 0 spiro atoms. The average molecular weight is 451 g/mol. The Hall–Kier alpha value is -3.20. The van der Waals surface area contributed by atoms with E-state index in [0.717, 1.165) is 0 Å². The number of piperazine rings is 1. The summed E-state index contributed by atoms with van der Waals surface area (Å²) in [7, 11) is -3.68. The van der Waals surface area contributed by atoms with Gasteiger partial charge in [0, 0.05) is 17.2 Å². The Morgan fingerprint density at radius 1 is 0.875 bits per heavy atom. The zero-order valence-corrected chi connectivity index (χ0v) is 18.2. The van der Waals surface area contributed by atoms with Gasteiger partial charge in [0.2, 0.25) is 10.0 Å². The number of benzene rings is 3. The molecule has 0 amide bonds. The molecule has 3 aromatic carbocycles. The number of hydrogen-bond donors (Lipinski definition) is 2. The first-order chi connectivity index (χ1) is 15.5. The lowest BCUT2D eigenvalue weighted by atomic mass is 9.96. The second-order valence-corrected chi connectivity index (χ2v) is 9.93. The monoisotopic (exact) mass is 450 g/mol. The quantitative estimate of drug-likeness (QED) is 0.485. The number of sulfonamides is 1. The smallest absolute Gasteiger partial charge is 0.408 e. The highest BCUT2D eigenvalue weighted by Gasteiger charge is 2.35. The van der Waals surface area contributed by atoms with Crippen LogP contribution >= 0.6 is 0 Å². The van der Waals surface area contributed by atoms with Crippen LogP contribution in [0.4, 0.5) is 0 Å². The highest BCUT2D eigenvalue weighted by Crippen LogP contribution is 2.22. The van der Waals surface area contributed by atoms with Crippen molar-refractivity contribution < 1.29 is 17.7 Å². The van der Waals surface area contributed by atoms with E-state index in [1.807, 2.05) is 36.4 Å². The van der Waals surface area contributed by atoms with Crippen LogP contribution in [0, 0.1) is 0 Å². The van der Waals surface area contributed by atoms with E-state index < -0.39 is 15.8 Å². The van der Waals surface area contributed by atoms with Gasteiger partial charge in [-0.25, -0.2) is 13.2 Å². The van der Waals surface area contributed by atoms with E-state index >= 15 is 0 Å². The lowest BCUT2D eigenvalue weighted by Gasteiger charge is -2.36. The lowest BCUT2D eigenvalue weighted by Crippen LogP contribution is -3.15. The Morgan fingerprint density at radius 2 is 1.47 bits per heavy atom. The molecule has 32 heavy (non-hydrogen) atoms. The average Bonchev–Trinajstić information content (AvgIpc) is 3.20. The summed E-state index contributed by atoms with van der Waals surface area (Å²) in [6, 6.07) is 25.4. The van der Waals surface area contributed by atoms with Crippen LogP contribution in [-0.2, 0) is 10.0 Å². The number of aromatic nitrogens is 1. The van der Waals surface area contributed by atoms with Crippen molar-refractivity contribution in [3.05, 3.63) is 101 Å². The van der Waals surface area contributed by atoms with E-state index in [1.165, 1.54) is 32.5 Å². The molecule has 0 aliphatic carbocycles. The first-order valence-corrected chi connectivity index (χ1v) is 12.0. The fourth-order valence-corrected chi connectivity index (χ4v) is 5.95. The highest BCUT2D eigenvalue weighted by molar-refractivity contribution is 7.89. The summed E-state index contributed by atoms with van der Waals surface area (Å²) in [5.74, 6) is -0.598. The van der Waals surface area contributed by atoms with Gasteiger partial charge < -0.3 is 9.32 Å². The molecule has 4 aromatic rings. The number of oxazole rings is 1. The van der Waals surface area contributed by atoms with E-state index in [9.17, 15) is 13.2 Å². The lowest BCUT2D eigenvalue weighted by molar-refractivity contribution is -0.929. The van der Waals surface area contributed by atoms with Crippen LogP contribution in [-0.4, -0.2) is 43.9 Å². The molecule has 8 heteroatoms. The molecule has 1 aliphatic rings. The van der Waals surface area contributed by atoms with Crippen molar-refractivity contribution in [3.63, 3.8) is 0 Å². The number of rotatable bonds is 5. The molecule has 0 unspecified atom stereocenters. The number of quaternary nitrogens is 1. The Kier molecular flexibility index (Phi) is 5.42. The van der Waals surface area contributed by atoms with Gasteiger partial charge >= 0.3 is 5.76 Å². The van der Waals surface area contributed by atoms with E-state index in [4.69, 9.17) is 4.42 Å². The first-order valence-electron chi connectivity index (χ1n) is 10.6. The zero-order chi connectivity index (χ0) is 22.1. The maximum atomic E-state index is 13.2. The van der Waals surface area contributed by atoms with Gasteiger partial charge in [-0.1, -0.05) is 60.7 Å². The molecule has 2 heterocycles. The van der Waals surface area contributed by atoms with Crippen LogP contribution in [0.2, 0.25) is 0 Å². The van der Waals surface area contributed by atoms with E-state index in [2.05, 4.69) is 29.2 Å². The Balaban J connectivity index is 1.38. The number of hydrogen-bond acceptors (Lipinski definition) is 4. The van der Waals surface area contributed by atoms with Crippen molar-refractivity contribution in [1.29, 1.82) is 0 Å². The van der Waals surface area contributed by atoms with E-state index in [1.54, 1.807) is 6.07 Å². The summed E-state index contributed by atoms with van der Waals surface area (Å²) in [6.45, 7) is 2.22. The normalized spacial score (nSPS) is 16.0. The molecule has 0 bridgehead atoms. The van der Waals surface area contributed by atoms with Crippen molar-refractivity contribution in [2.45, 2.75) is 10.9 Å². The number of aromatic amines is 1. The predicted octanol–water partition coefficient (Wildman–Crippen LogP) is 1.80. The maximum Gasteiger partial charge on any atom is 0.417 e. The molecular weight excluding hydrogens is 426 g/mol. The summed E-state index contributed by atoms with van der Waals surface area (Å²) >= 11 is 0. The van der Waals surface area contributed by atoms with Gasteiger partial charge in [0.05, 0.1) is 36.6 Å². The van der Waals surface area contributed by atoms with Gasteiger partial charge in [-0.3, -0.25) is 4.98 Å². The standard InChI is InChI=1S/C24H23N3O4S/c28-24-25-21-12-11-20(17-22(21)31-24)32(29,30)27-15-13-26(14-16-27)23(18-7-3-1-4-8-18)19-9-5-2-6-10-19/h1-12,17,23H,13-16H2,(H,25,28)/p+1. The van der Waals surface area contributed by atoms with Crippen molar-refractivity contribution in [2.75, 3.05) is 26.2 Å². The molecule has 5 rings (SSSR count). The van der Waals surface area contributed by atoms with Gasteiger partial charge in [0.1, 0.15) is 6.04 Å².